The average molecular weight is 418 g/mol. The van der Waals surface area contributed by atoms with Crippen LogP contribution in [-0.4, -0.2) is 31.1 Å². The first-order valence-corrected chi connectivity index (χ1v) is 9.23. The van der Waals surface area contributed by atoms with Crippen molar-refractivity contribution in [2.45, 2.75) is 33.1 Å². The molecule has 1 aliphatic carbocycles. The highest BCUT2D eigenvalue weighted by Crippen LogP contribution is 2.61. The van der Waals surface area contributed by atoms with E-state index in [9.17, 15) is 18.4 Å². The van der Waals surface area contributed by atoms with E-state index in [1.807, 2.05) is 42.5 Å². The van der Waals surface area contributed by atoms with Crippen molar-refractivity contribution >= 4 is 18.0 Å². The Balaban J connectivity index is 0.000000297. The van der Waals surface area contributed by atoms with Gasteiger partial charge in [0, 0.05) is 13.8 Å². The van der Waals surface area contributed by atoms with Gasteiger partial charge in [-0.1, -0.05) is 74.2 Å². The summed E-state index contributed by atoms with van der Waals surface area (Å²) < 4.78 is 36.2. The first-order chi connectivity index (χ1) is 13.8. The molecule has 0 aromatic heterocycles. The Kier molecular flexibility index (Phi) is 9.89. The normalized spacial score (nSPS) is 18.4. The van der Waals surface area contributed by atoms with E-state index in [0.717, 1.165) is 5.56 Å². The summed E-state index contributed by atoms with van der Waals surface area (Å²) in [6, 6.07) is 18.5. The maximum atomic E-state index is 13.4. The van der Waals surface area contributed by atoms with E-state index in [1.165, 1.54) is 13.8 Å². The number of carbonyl (C=O) groups excluding carboxylic acids is 2. The summed E-state index contributed by atoms with van der Waals surface area (Å²) in [6.07, 6.45) is 3.74. The van der Waals surface area contributed by atoms with Gasteiger partial charge in [-0.05, 0) is 17.2 Å². The molecule has 0 bridgehead atoms. The lowest BCUT2D eigenvalue weighted by molar-refractivity contribution is -0.142. The molecule has 0 unspecified atom stereocenters. The third kappa shape index (κ3) is 7.78. The maximum absolute atomic E-state index is 13.4. The Hall–Kier alpha value is -3.02. The zero-order valence-electron chi connectivity index (χ0n) is 16.4. The summed E-state index contributed by atoms with van der Waals surface area (Å²) in [5, 5.41) is 0. The molecule has 0 radical (unpaired) electrons. The van der Waals surface area contributed by atoms with Crippen LogP contribution in [0.4, 0.5) is 8.78 Å². The first-order valence-electron chi connectivity index (χ1n) is 9.23. The third-order valence-electron chi connectivity index (χ3n) is 4.32. The Morgan fingerprint density at radius 1 is 0.933 bits per heavy atom. The zero-order chi connectivity index (χ0) is 21.3. The standard InChI is InChI=1S/C12H12F2O2.C11H12O2.CH4/c1-8(15)16-7-10-11(12(10,13)14)9-5-3-2-4-6-9;1-10(12)13-9-5-8-11-6-3-2-4-7-11;/h2-6,10-11H,7H2,1H3;2-8H,9H2,1H3;1H4/b;8-5+;/t10-,11-;;/m1../s1. The van der Waals surface area contributed by atoms with Crippen LogP contribution in [-0.2, 0) is 19.1 Å². The molecule has 1 aliphatic rings. The van der Waals surface area contributed by atoms with E-state index in [2.05, 4.69) is 4.74 Å². The maximum Gasteiger partial charge on any atom is 0.302 e. The monoisotopic (exact) mass is 418 g/mol. The Labute approximate surface area is 176 Å². The largest absolute Gasteiger partial charge is 0.465 e. The van der Waals surface area contributed by atoms with E-state index >= 15 is 0 Å². The highest BCUT2D eigenvalue weighted by Gasteiger charge is 2.69. The molecule has 162 valence electrons. The fourth-order valence-corrected chi connectivity index (χ4v) is 2.83. The molecule has 4 nitrogen and oxygen atoms in total. The topological polar surface area (TPSA) is 52.6 Å². The van der Waals surface area contributed by atoms with Crippen molar-refractivity contribution < 1.29 is 27.8 Å². The molecule has 1 saturated carbocycles. The molecule has 0 saturated heterocycles. The Bertz CT molecular complexity index is 820. The van der Waals surface area contributed by atoms with Gasteiger partial charge >= 0.3 is 11.9 Å². The minimum atomic E-state index is -2.75. The van der Waals surface area contributed by atoms with Gasteiger partial charge in [0.25, 0.3) is 5.92 Å². The lowest BCUT2D eigenvalue weighted by Crippen LogP contribution is -2.06. The van der Waals surface area contributed by atoms with Crippen molar-refractivity contribution in [1.82, 2.24) is 0 Å². The van der Waals surface area contributed by atoms with Gasteiger partial charge in [-0.15, -0.1) is 0 Å². The fraction of sp³-hybridized carbons (Fsp3) is 0.333. The molecule has 6 heteroatoms. The van der Waals surface area contributed by atoms with Crippen molar-refractivity contribution in [1.29, 1.82) is 0 Å². The third-order valence-corrected chi connectivity index (χ3v) is 4.32. The van der Waals surface area contributed by atoms with E-state index in [0.29, 0.717) is 12.2 Å². The van der Waals surface area contributed by atoms with Crippen LogP contribution in [0.2, 0.25) is 0 Å². The fourth-order valence-electron chi connectivity index (χ4n) is 2.83. The van der Waals surface area contributed by atoms with Gasteiger partial charge in [-0.3, -0.25) is 9.59 Å². The van der Waals surface area contributed by atoms with Gasteiger partial charge in [0.15, 0.2) is 0 Å². The van der Waals surface area contributed by atoms with Gasteiger partial charge in [-0.2, -0.15) is 0 Å². The zero-order valence-corrected chi connectivity index (χ0v) is 16.4. The van der Waals surface area contributed by atoms with E-state index in [1.54, 1.807) is 30.3 Å². The smallest absolute Gasteiger partial charge is 0.302 e. The summed E-state index contributed by atoms with van der Waals surface area (Å²) in [4.78, 5) is 21.0. The van der Waals surface area contributed by atoms with Crippen LogP contribution in [0.25, 0.3) is 6.08 Å². The van der Waals surface area contributed by atoms with Crippen LogP contribution < -0.4 is 0 Å². The number of benzene rings is 2. The number of halogens is 2. The minimum Gasteiger partial charge on any atom is -0.465 e. The van der Waals surface area contributed by atoms with Crippen LogP contribution in [0.1, 0.15) is 38.3 Å². The molecule has 2 atom stereocenters. The summed E-state index contributed by atoms with van der Waals surface area (Å²) in [5.41, 5.74) is 1.71. The number of hydrogen-bond acceptors (Lipinski definition) is 4. The van der Waals surface area contributed by atoms with Crippen molar-refractivity contribution in [2.24, 2.45) is 5.92 Å². The summed E-state index contributed by atoms with van der Waals surface area (Å²) in [5.74, 6) is -5.21. The molecule has 2 aromatic rings. The molecule has 0 heterocycles. The predicted molar refractivity (Wildman–Crippen MR) is 113 cm³/mol. The average Bonchev–Trinajstić information content (AvgIpc) is 3.26. The SMILES string of the molecule is C.CC(=O)OC/C=C/c1ccccc1.CC(=O)OC[C@@H]1[C@@H](c2ccccc2)C1(F)F. The number of hydrogen-bond donors (Lipinski definition) is 0. The van der Waals surface area contributed by atoms with Crippen molar-refractivity contribution in [3.8, 4) is 0 Å². The second-order valence-corrected chi connectivity index (χ2v) is 6.59. The molecular formula is C24H28F2O4. The highest BCUT2D eigenvalue weighted by atomic mass is 19.3. The Morgan fingerprint density at radius 2 is 1.47 bits per heavy atom. The molecular weight excluding hydrogens is 390 g/mol. The molecule has 0 N–H and O–H groups in total. The first kappa shape index (κ1) is 25.0. The minimum absolute atomic E-state index is 0. The van der Waals surface area contributed by atoms with Crippen LogP contribution >= 0.6 is 0 Å². The number of esters is 2. The van der Waals surface area contributed by atoms with Crippen molar-refractivity contribution in [3.63, 3.8) is 0 Å². The number of ether oxygens (including phenoxy) is 2. The second-order valence-electron chi connectivity index (χ2n) is 6.59. The van der Waals surface area contributed by atoms with E-state index in [4.69, 9.17) is 4.74 Å². The van der Waals surface area contributed by atoms with Crippen LogP contribution in [0.15, 0.2) is 66.7 Å². The molecule has 30 heavy (non-hydrogen) atoms. The van der Waals surface area contributed by atoms with Gasteiger partial charge in [0.05, 0.1) is 11.8 Å². The van der Waals surface area contributed by atoms with E-state index < -0.39 is 23.7 Å². The molecule has 0 spiro atoms. The summed E-state index contributed by atoms with van der Waals surface area (Å²) in [7, 11) is 0. The van der Waals surface area contributed by atoms with Gasteiger partial charge in [0.1, 0.15) is 13.2 Å². The number of carbonyl (C=O) groups is 2. The van der Waals surface area contributed by atoms with E-state index in [-0.39, 0.29) is 20.0 Å². The van der Waals surface area contributed by atoms with Crippen LogP contribution in [0.3, 0.4) is 0 Å². The predicted octanol–water partition coefficient (Wildman–Crippen LogP) is 5.50. The van der Waals surface area contributed by atoms with Gasteiger partial charge in [0.2, 0.25) is 0 Å². The summed E-state index contributed by atoms with van der Waals surface area (Å²) in [6.45, 7) is 2.75. The van der Waals surface area contributed by atoms with Crippen molar-refractivity contribution in [3.05, 3.63) is 77.9 Å². The van der Waals surface area contributed by atoms with Crippen molar-refractivity contribution in [2.75, 3.05) is 13.2 Å². The van der Waals surface area contributed by atoms with Crippen LogP contribution in [0.5, 0.6) is 0 Å². The molecule has 3 rings (SSSR count). The quantitative estimate of drug-likeness (QED) is 0.582. The lowest BCUT2D eigenvalue weighted by atomic mass is 10.1. The highest BCUT2D eigenvalue weighted by molar-refractivity contribution is 5.66. The number of rotatable bonds is 6. The number of alkyl halides is 2. The molecule has 1 fully saturated rings. The Morgan fingerprint density at radius 3 is 2.00 bits per heavy atom. The van der Waals surface area contributed by atoms with Crippen LogP contribution in [0, 0.1) is 5.92 Å². The lowest BCUT2D eigenvalue weighted by Gasteiger charge is -1.99. The molecule has 0 aliphatic heterocycles. The molecule has 2 aromatic carbocycles. The second kappa shape index (κ2) is 11.9. The summed E-state index contributed by atoms with van der Waals surface area (Å²) >= 11 is 0. The molecule has 0 amide bonds. The van der Waals surface area contributed by atoms with Gasteiger partial charge < -0.3 is 9.47 Å². The van der Waals surface area contributed by atoms with Gasteiger partial charge in [-0.25, -0.2) is 8.78 Å².